The van der Waals surface area contributed by atoms with Gasteiger partial charge < -0.3 is 25.8 Å². The van der Waals surface area contributed by atoms with E-state index in [2.05, 4.69) is 10.6 Å². The average molecular weight is 420 g/mol. The first kappa shape index (κ1) is 22.7. The number of rotatable bonds is 6. The minimum atomic E-state index is -0.915. The normalized spacial score (nSPS) is 15.0. The molecular weight excluding hydrogens is 394 g/mol. The second kappa shape index (κ2) is 10.2. The van der Waals surface area contributed by atoms with Gasteiger partial charge in [0.1, 0.15) is 11.3 Å². The van der Waals surface area contributed by atoms with Crippen LogP contribution in [0.25, 0.3) is 0 Å². The van der Waals surface area contributed by atoms with Crippen LogP contribution >= 0.6 is 12.4 Å². The molecule has 0 saturated carbocycles. The summed E-state index contributed by atoms with van der Waals surface area (Å²) in [6.45, 7) is 3.47. The Kier molecular flexibility index (Phi) is 8.01. The van der Waals surface area contributed by atoms with Gasteiger partial charge in [-0.1, -0.05) is 0 Å². The Balaban J connectivity index is 0.00000300. The molecule has 1 aliphatic heterocycles. The Morgan fingerprint density at radius 2 is 1.55 bits per heavy atom. The number of hydrogen-bond donors (Lipinski definition) is 3. The van der Waals surface area contributed by atoms with E-state index in [0.717, 1.165) is 5.75 Å². The van der Waals surface area contributed by atoms with Crippen LogP contribution in [-0.4, -0.2) is 37.2 Å². The van der Waals surface area contributed by atoms with Crippen molar-refractivity contribution in [2.75, 3.05) is 30.5 Å². The smallest absolute Gasteiger partial charge is 0.255 e. The number of halogens is 1. The van der Waals surface area contributed by atoms with Gasteiger partial charge in [0.15, 0.2) is 0 Å². The second-order valence-electron chi connectivity index (χ2n) is 6.71. The molecule has 0 aliphatic carbocycles. The van der Waals surface area contributed by atoms with Crippen LogP contribution < -0.4 is 21.1 Å². The van der Waals surface area contributed by atoms with Gasteiger partial charge in [0.25, 0.3) is 5.91 Å². The highest BCUT2D eigenvalue weighted by Crippen LogP contribution is 2.21. The summed E-state index contributed by atoms with van der Waals surface area (Å²) in [6, 6.07) is 13.9. The van der Waals surface area contributed by atoms with Gasteiger partial charge in [-0.3, -0.25) is 9.59 Å². The fourth-order valence-corrected chi connectivity index (χ4v) is 2.93. The van der Waals surface area contributed by atoms with Crippen molar-refractivity contribution in [1.82, 2.24) is 0 Å². The Morgan fingerprint density at radius 3 is 2.14 bits per heavy atom. The van der Waals surface area contributed by atoms with E-state index in [1.807, 2.05) is 6.92 Å². The first-order valence-corrected chi connectivity index (χ1v) is 9.32. The summed E-state index contributed by atoms with van der Waals surface area (Å²) in [7, 11) is 0. The third kappa shape index (κ3) is 5.93. The van der Waals surface area contributed by atoms with Crippen molar-refractivity contribution < 1.29 is 19.1 Å². The Labute approximate surface area is 176 Å². The first-order chi connectivity index (χ1) is 13.5. The minimum Gasteiger partial charge on any atom is -0.494 e. The van der Waals surface area contributed by atoms with E-state index < -0.39 is 5.54 Å². The zero-order valence-electron chi connectivity index (χ0n) is 16.3. The molecule has 2 aromatic rings. The van der Waals surface area contributed by atoms with E-state index in [0.29, 0.717) is 49.6 Å². The summed E-state index contributed by atoms with van der Waals surface area (Å²) < 4.78 is 10.6. The molecule has 0 bridgehead atoms. The molecular formula is C21H26ClN3O4. The van der Waals surface area contributed by atoms with Gasteiger partial charge in [-0.2, -0.15) is 0 Å². The summed E-state index contributed by atoms with van der Waals surface area (Å²) in [5, 5.41) is 5.65. The maximum Gasteiger partial charge on any atom is 0.255 e. The lowest BCUT2D eigenvalue weighted by Gasteiger charge is -2.31. The molecule has 29 heavy (non-hydrogen) atoms. The van der Waals surface area contributed by atoms with E-state index >= 15 is 0 Å². The quantitative estimate of drug-likeness (QED) is 0.667. The molecule has 1 fully saturated rings. The molecule has 7 nitrogen and oxygen atoms in total. The number of anilines is 2. The highest BCUT2D eigenvalue weighted by molar-refractivity contribution is 6.05. The number of hydrogen-bond acceptors (Lipinski definition) is 5. The topological polar surface area (TPSA) is 103 Å². The first-order valence-electron chi connectivity index (χ1n) is 9.32. The van der Waals surface area contributed by atoms with E-state index in [4.69, 9.17) is 15.2 Å². The van der Waals surface area contributed by atoms with E-state index in [1.165, 1.54) is 0 Å². The minimum absolute atomic E-state index is 0. The van der Waals surface area contributed by atoms with Gasteiger partial charge in [-0.25, -0.2) is 0 Å². The number of nitrogens with one attached hydrogen (secondary N) is 2. The average Bonchev–Trinajstić information content (AvgIpc) is 2.71. The Morgan fingerprint density at radius 1 is 1.00 bits per heavy atom. The van der Waals surface area contributed by atoms with Gasteiger partial charge in [0.2, 0.25) is 5.91 Å². The summed E-state index contributed by atoms with van der Waals surface area (Å²) in [4.78, 5) is 24.8. The third-order valence-electron chi connectivity index (χ3n) is 4.67. The third-order valence-corrected chi connectivity index (χ3v) is 4.67. The molecule has 0 unspecified atom stereocenters. The molecule has 8 heteroatoms. The van der Waals surface area contributed by atoms with Gasteiger partial charge in [0.05, 0.1) is 6.61 Å². The number of ether oxygens (including phenoxy) is 2. The van der Waals surface area contributed by atoms with Crippen LogP contribution in [-0.2, 0) is 9.53 Å². The molecule has 3 rings (SSSR count). The lowest BCUT2D eigenvalue weighted by atomic mass is 9.90. The predicted molar refractivity (Wildman–Crippen MR) is 115 cm³/mol. The van der Waals surface area contributed by atoms with Crippen LogP contribution in [0.3, 0.4) is 0 Å². The maximum atomic E-state index is 12.4. The largest absolute Gasteiger partial charge is 0.494 e. The van der Waals surface area contributed by atoms with E-state index in [-0.39, 0.29) is 24.2 Å². The lowest BCUT2D eigenvalue weighted by molar-refractivity contribution is -0.124. The fraction of sp³-hybridized carbons (Fsp3) is 0.333. The van der Waals surface area contributed by atoms with E-state index in [9.17, 15) is 9.59 Å². The van der Waals surface area contributed by atoms with Crippen LogP contribution in [0.5, 0.6) is 5.75 Å². The van der Waals surface area contributed by atoms with Crippen molar-refractivity contribution in [3.63, 3.8) is 0 Å². The van der Waals surface area contributed by atoms with Crippen molar-refractivity contribution in [2.24, 2.45) is 5.73 Å². The molecule has 2 aromatic carbocycles. The van der Waals surface area contributed by atoms with Crippen molar-refractivity contribution >= 4 is 35.6 Å². The molecule has 1 saturated heterocycles. The van der Waals surface area contributed by atoms with Crippen LogP contribution in [0.2, 0.25) is 0 Å². The molecule has 1 heterocycles. The predicted octanol–water partition coefficient (Wildman–Crippen LogP) is 3.21. The summed E-state index contributed by atoms with van der Waals surface area (Å²) in [5.41, 5.74) is 7.02. The van der Waals surface area contributed by atoms with Crippen LogP contribution in [0.15, 0.2) is 48.5 Å². The van der Waals surface area contributed by atoms with Crippen molar-refractivity contribution in [3.05, 3.63) is 54.1 Å². The molecule has 0 atom stereocenters. The number of benzene rings is 2. The van der Waals surface area contributed by atoms with Gasteiger partial charge in [-0.15, -0.1) is 12.4 Å². The Hall–Kier alpha value is -2.61. The van der Waals surface area contributed by atoms with Crippen LogP contribution in [0.1, 0.15) is 30.1 Å². The van der Waals surface area contributed by atoms with Crippen molar-refractivity contribution in [2.45, 2.75) is 25.3 Å². The van der Waals surface area contributed by atoms with Crippen LogP contribution in [0, 0.1) is 0 Å². The lowest BCUT2D eigenvalue weighted by Crippen LogP contribution is -2.54. The molecule has 0 radical (unpaired) electrons. The maximum absolute atomic E-state index is 12.4. The second-order valence-corrected chi connectivity index (χ2v) is 6.71. The molecule has 0 aromatic heterocycles. The highest BCUT2D eigenvalue weighted by Gasteiger charge is 2.35. The van der Waals surface area contributed by atoms with Crippen molar-refractivity contribution in [1.29, 1.82) is 0 Å². The van der Waals surface area contributed by atoms with Crippen molar-refractivity contribution in [3.8, 4) is 5.75 Å². The number of nitrogens with two attached hydrogens (primary N) is 1. The van der Waals surface area contributed by atoms with E-state index in [1.54, 1.807) is 48.5 Å². The van der Waals surface area contributed by atoms with Gasteiger partial charge >= 0.3 is 0 Å². The zero-order chi connectivity index (χ0) is 20.0. The number of carbonyl (C=O) groups is 2. The highest BCUT2D eigenvalue weighted by atomic mass is 35.5. The summed E-state index contributed by atoms with van der Waals surface area (Å²) in [6.07, 6.45) is 0.975. The van der Waals surface area contributed by atoms with Gasteiger partial charge in [0, 0.05) is 30.2 Å². The fourth-order valence-electron chi connectivity index (χ4n) is 2.93. The van der Waals surface area contributed by atoms with Gasteiger partial charge in [-0.05, 0) is 68.3 Å². The molecule has 2 amide bonds. The molecule has 4 N–H and O–H groups in total. The SMILES string of the molecule is CCOc1ccc(NC(=O)c2ccc(NC(=O)C3(N)CCOCC3)cc2)cc1.Cl. The Bertz CT molecular complexity index is 819. The molecule has 0 spiro atoms. The number of amides is 2. The standard InChI is InChI=1S/C21H25N3O4.ClH/c1-2-28-18-9-7-16(8-10-18)23-19(25)15-3-5-17(6-4-15)24-20(26)21(22)11-13-27-14-12-21;/h3-10H,2,11-14,22H2,1H3,(H,23,25)(H,24,26);1H. The summed E-state index contributed by atoms with van der Waals surface area (Å²) in [5.74, 6) is 0.284. The monoisotopic (exact) mass is 419 g/mol. The molecule has 1 aliphatic rings. The zero-order valence-corrected chi connectivity index (χ0v) is 17.1. The number of carbonyl (C=O) groups excluding carboxylic acids is 2. The summed E-state index contributed by atoms with van der Waals surface area (Å²) >= 11 is 0. The van der Waals surface area contributed by atoms with Crippen LogP contribution in [0.4, 0.5) is 11.4 Å². The molecule has 156 valence electrons.